The van der Waals surface area contributed by atoms with Crippen molar-refractivity contribution >= 4 is 16.1 Å². The lowest BCUT2D eigenvalue weighted by Crippen LogP contribution is -2.21. The molecule has 2 rings (SSSR count). The van der Waals surface area contributed by atoms with Crippen LogP contribution in [-0.4, -0.2) is 26.2 Å². The lowest BCUT2D eigenvalue weighted by atomic mass is 9.94. The number of hydrogen-bond donors (Lipinski definition) is 0. The average molecular weight is 242 g/mol. The monoisotopic (exact) mass is 242 g/mol. The zero-order valence-electron chi connectivity index (χ0n) is 8.52. The van der Waals surface area contributed by atoms with Crippen LogP contribution in [-0.2, 0) is 15.5 Å². The highest BCUT2D eigenvalue weighted by molar-refractivity contribution is 7.91. The minimum atomic E-state index is -3.28. The molecule has 1 aromatic carbocycles. The van der Waals surface area contributed by atoms with Gasteiger partial charge in [0.15, 0.2) is 15.5 Å². The fraction of sp³-hybridized carbons (Fsp3) is 0.364. The summed E-state index contributed by atoms with van der Waals surface area (Å²) in [6.45, 7) is 0. The first kappa shape index (κ1) is 11.3. The van der Waals surface area contributed by atoms with E-state index in [0.29, 0.717) is 11.8 Å². The standard InChI is InChI=1S/C11H11FO3S/c12-11(4-5-16(14,15)8-11)10-3-1-2-9(6-10)7-13/h1-3,6-7H,4-5,8H2. The lowest BCUT2D eigenvalue weighted by molar-refractivity contribution is 0.112. The summed E-state index contributed by atoms with van der Waals surface area (Å²) in [4.78, 5) is 10.6. The van der Waals surface area contributed by atoms with Gasteiger partial charge >= 0.3 is 0 Å². The van der Waals surface area contributed by atoms with Crippen LogP contribution in [0.2, 0.25) is 0 Å². The fourth-order valence-electron chi connectivity index (χ4n) is 1.93. The highest BCUT2D eigenvalue weighted by Gasteiger charge is 2.44. The maximum atomic E-state index is 14.4. The molecule has 1 heterocycles. The molecule has 86 valence electrons. The predicted molar refractivity (Wildman–Crippen MR) is 57.9 cm³/mol. The van der Waals surface area contributed by atoms with Gasteiger partial charge in [-0.15, -0.1) is 0 Å². The molecule has 0 radical (unpaired) electrons. The average Bonchev–Trinajstić information content (AvgIpc) is 2.55. The number of carbonyl (C=O) groups is 1. The van der Waals surface area contributed by atoms with E-state index in [-0.39, 0.29) is 17.7 Å². The Balaban J connectivity index is 2.41. The molecule has 1 saturated heterocycles. The predicted octanol–water partition coefficient (Wildman–Crippen LogP) is 1.48. The van der Waals surface area contributed by atoms with Crippen LogP contribution in [0, 0.1) is 0 Å². The molecular formula is C11H11FO3S. The molecule has 0 bridgehead atoms. The molecule has 1 unspecified atom stereocenters. The summed E-state index contributed by atoms with van der Waals surface area (Å²) in [6, 6.07) is 6.05. The number of aldehydes is 1. The number of hydrogen-bond acceptors (Lipinski definition) is 3. The summed E-state index contributed by atoms with van der Waals surface area (Å²) in [5.74, 6) is -0.614. The Kier molecular flexibility index (Phi) is 2.58. The summed E-state index contributed by atoms with van der Waals surface area (Å²) in [5, 5.41) is 0. The largest absolute Gasteiger partial charge is 0.298 e. The maximum Gasteiger partial charge on any atom is 0.153 e. The number of rotatable bonds is 2. The maximum absolute atomic E-state index is 14.4. The van der Waals surface area contributed by atoms with E-state index in [9.17, 15) is 17.6 Å². The van der Waals surface area contributed by atoms with E-state index < -0.39 is 21.3 Å². The second-order valence-corrected chi connectivity index (χ2v) is 6.23. The van der Waals surface area contributed by atoms with Crippen molar-refractivity contribution in [2.24, 2.45) is 0 Å². The number of sulfone groups is 1. The van der Waals surface area contributed by atoms with Crippen molar-refractivity contribution in [1.29, 1.82) is 0 Å². The van der Waals surface area contributed by atoms with Crippen molar-refractivity contribution in [3.05, 3.63) is 35.4 Å². The first-order valence-electron chi connectivity index (χ1n) is 4.90. The first-order valence-corrected chi connectivity index (χ1v) is 6.72. The minimum Gasteiger partial charge on any atom is -0.298 e. The van der Waals surface area contributed by atoms with E-state index in [0.717, 1.165) is 0 Å². The summed E-state index contributed by atoms with van der Waals surface area (Å²) in [6.07, 6.45) is 0.591. The number of halogens is 1. The normalized spacial score (nSPS) is 27.8. The van der Waals surface area contributed by atoms with Gasteiger partial charge in [-0.3, -0.25) is 4.79 Å². The van der Waals surface area contributed by atoms with Gasteiger partial charge in [-0.25, -0.2) is 12.8 Å². The fourth-order valence-corrected chi connectivity index (χ4v) is 3.72. The van der Waals surface area contributed by atoms with Crippen LogP contribution in [0.3, 0.4) is 0 Å². The Morgan fingerprint density at radius 2 is 2.12 bits per heavy atom. The molecule has 0 spiro atoms. The van der Waals surface area contributed by atoms with Gasteiger partial charge in [0, 0.05) is 12.0 Å². The van der Waals surface area contributed by atoms with Crippen LogP contribution >= 0.6 is 0 Å². The zero-order chi connectivity index (χ0) is 11.8. The Hall–Kier alpha value is -1.23. The van der Waals surface area contributed by atoms with E-state index in [1.54, 1.807) is 12.1 Å². The third-order valence-corrected chi connectivity index (χ3v) is 4.52. The summed E-state index contributed by atoms with van der Waals surface area (Å²) >= 11 is 0. The molecule has 0 aromatic heterocycles. The molecule has 16 heavy (non-hydrogen) atoms. The van der Waals surface area contributed by atoms with Crippen LogP contribution in [0.15, 0.2) is 24.3 Å². The smallest absolute Gasteiger partial charge is 0.153 e. The lowest BCUT2D eigenvalue weighted by Gasteiger charge is -2.18. The van der Waals surface area contributed by atoms with E-state index in [1.165, 1.54) is 12.1 Å². The molecule has 0 N–H and O–H groups in total. The number of benzene rings is 1. The Morgan fingerprint density at radius 1 is 1.38 bits per heavy atom. The third-order valence-electron chi connectivity index (χ3n) is 2.80. The second kappa shape index (κ2) is 3.66. The van der Waals surface area contributed by atoms with E-state index >= 15 is 0 Å². The molecule has 1 aliphatic heterocycles. The van der Waals surface area contributed by atoms with Gasteiger partial charge in [-0.2, -0.15) is 0 Å². The van der Waals surface area contributed by atoms with Crippen molar-refractivity contribution in [3.63, 3.8) is 0 Å². The van der Waals surface area contributed by atoms with Gasteiger partial charge in [0.2, 0.25) is 0 Å². The Bertz CT molecular complexity index is 524. The van der Waals surface area contributed by atoms with E-state index in [2.05, 4.69) is 0 Å². The topological polar surface area (TPSA) is 51.2 Å². The quantitative estimate of drug-likeness (QED) is 0.738. The molecule has 5 heteroatoms. The SMILES string of the molecule is O=Cc1cccc(C2(F)CCS(=O)(=O)C2)c1. The van der Waals surface area contributed by atoms with Crippen LogP contribution in [0.25, 0.3) is 0 Å². The van der Waals surface area contributed by atoms with Gasteiger partial charge in [0.05, 0.1) is 11.5 Å². The van der Waals surface area contributed by atoms with Gasteiger partial charge < -0.3 is 0 Å². The van der Waals surface area contributed by atoms with Gasteiger partial charge in [-0.05, 0) is 11.6 Å². The first-order chi connectivity index (χ1) is 7.45. The summed E-state index contributed by atoms with van der Waals surface area (Å²) < 4.78 is 36.9. The number of carbonyl (C=O) groups excluding carboxylic acids is 1. The molecule has 1 atom stereocenters. The van der Waals surface area contributed by atoms with Crippen LogP contribution in [0.1, 0.15) is 22.3 Å². The van der Waals surface area contributed by atoms with Gasteiger partial charge in [-0.1, -0.05) is 18.2 Å². The third kappa shape index (κ3) is 2.00. The molecule has 1 fully saturated rings. The van der Waals surface area contributed by atoms with Crippen molar-refractivity contribution in [2.75, 3.05) is 11.5 Å². The highest BCUT2D eigenvalue weighted by atomic mass is 32.2. The zero-order valence-corrected chi connectivity index (χ0v) is 9.34. The molecule has 1 aliphatic rings. The summed E-state index contributed by atoms with van der Waals surface area (Å²) in [7, 11) is -3.28. The highest BCUT2D eigenvalue weighted by Crippen LogP contribution is 2.37. The van der Waals surface area contributed by atoms with Crippen molar-refractivity contribution < 1.29 is 17.6 Å². The minimum absolute atomic E-state index is 0.0301. The van der Waals surface area contributed by atoms with Gasteiger partial charge in [0.25, 0.3) is 0 Å². The van der Waals surface area contributed by atoms with Crippen molar-refractivity contribution in [3.8, 4) is 0 Å². The van der Waals surface area contributed by atoms with E-state index in [1.807, 2.05) is 0 Å². The van der Waals surface area contributed by atoms with E-state index in [4.69, 9.17) is 0 Å². The van der Waals surface area contributed by atoms with Crippen LogP contribution in [0.5, 0.6) is 0 Å². The molecule has 1 aromatic rings. The molecule has 0 amide bonds. The van der Waals surface area contributed by atoms with Gasteiger partial charge in [0.1, 0.15) is 6.29 Å². The molecular weight excluding hydrogens is 231 g/mol. The van der Waals surface area contributed by atoms with Crippen molar-refractivity contribution in [2.45, 2.75) is 12.1 Å². The van der Waals surface area contributed by atoms with Crippen LogP contribution in [0.4, 0.5) is 4.39 Å². The molecule has 0 saturated carbocycles. The second-order valence-electron chi connectivity index (χ2n) is 4.05. The Labute approximate surface area is 93.2 Å². The van der Waals surface area contributed by atoms with Crippen LogP contribution < -0.4 is 0 Å². The van der Waals surface area contributed by atoms with Crippen molar-refractivity contribution in [1.82, 2.24) is 0 Å². The number of alkyl halides is 1. The Morgan fingerprint density at radius 3 is 2.69 bits per heavy atom. The summed E-state index contributed by atoms with van der Waals surface area (Å²) in [5.41, 5.74) is -1.20. The molecule has 0 aliphatic carbocycles. The molecule has 3 nitrogen and oxygen atoms in total.